The van der Waals surface area contributed by atoms with Crippen molar-refractivity contribution in [1.82, 2.24) is 14.0 Å². The molecule has 3 aromatic rings. The molecule has 8 heteroatoms. The molecule has 0 bridgehead atoms. The van der Waals surface area contributed by atoms with Crippen LogP contribution in [0.1, 0.15) is 19.1 Å². The number of aromatic nitrogens is 3. The van der Waals surface area contributed by atoms with E-state index in [-0.39, 0.29) is 18.4 Å². The Morgan fingerprint density at radius 2 is 1.96 bits per heavy atom. The number of nitrogens with zero attached hydrogens (tertiary/aromatic N) is 3. The fourth-order valence-corrected chi connectivity index (χ4v) is 3.05. The van der Waals surface area contributed by atoms with Crippen LogP contribution in [0.3, 0.4) is 0 Å². The average molecular weight is 347 g/mol. The molecule has 1 saturated heterocycles. The minimum Gasteiger partial charge on any atom is -0.394 e. The van der Waals surface area contributed by atoms with Crippen molar-refractivity contribution in [1.29, 1.82) is 0 Å². The topological polar surface area (TPSA) is 68.8 Å². The number of benzene rings is 1. The second kappa shape index (κ2) is 6.05. The molecule has 1 fully saturated rings. The quantitative estimate of drug-likeness (QED) is 0.788. The van der Waals surface area contributed by atoms with Crippen LogP contribution in [-0.4, -0.2) is 31.8 Å². The minimum absolute atomic E-state index is 0.0997. The lowest BCUT2D eigenvalue weighted by molar-refractivity contribution is -0.0251. The molecular weight excluding hydrogens is 332 g/mol. The molecule has 3 heterocycles. The average Bonchev–Trinajstić information content (AvgIpc) is 3.26. The Bertz CT molecular complexity index is 981. The normalized spacial score (nSPS) is 20.4. The fourth-order valence-electron chi connectivity index (χ4n) is 3.05. The molecule has 1 N–H and O–H groups in total. The smallest absolute Gasteiger partial charge is 0.336 e. The number of rotatable bonds is 3. The van der Waals surface area contributed by atoms with Crippen LogP contribution in [0.25, 0.3) is 16.9 Å². The van der Waals surface area contributed by atoms with Crippen LogP contribution in [0.4, 0.5) is 8.78 Å². The molecule has 130 valence electrons. The summed E-state index contributed by atoms with van der Waals surface area (Å²) in [7, 11) is 0. The monoisotopic (exact) mass is 347 g/mol. The van der Waals surface area contributed by atoms with Gasteiger partial charge in [0, 0.05) is 11.8 Å². The van der Waals surface area contributed by atoms with Crippen molar-refractivity contribution in [2.45, 2.75) is 25.2 Å². The highest BCUT2D eigenvalue weighted by molar-refractivity contribution is 5.62. The molecule has 0 spiro atoms. The number of aliphatic hydroxyl groups is 1. The zero-order chi connectivity index (χ0) is 17.6. The van der Waals surface area contributed by atoms with Crippen LogP contribution < -0.4 is 5.69 Å². The fraction of sp³-hybridized carbons (Fsp3) is 0.294. The Balaban J connectivity index is 1.80. The third-order valence-electron chi connectivity index (χ3n) is 4.34. The molecule has 0 saturated carbocycles. The van der Waals surface area contributed by atoms with Crippen LogP contribution in [0, 0.1) is 11.6 Å². The number of halogens is 2. The van der Waals surface area contributed by atoms with Crippen molar-refractivity contribution >= 4 is 5.65 Å². The lowest BCUT2D eigenvalue weighted by Gasteiger charge is -2.15. The van der Waals surface area contributed by atoms with Gasteiger partial charge in [0.1, 0.15) is 12.0 Å². The zero-order valence-electron chi connectivity index (χ0n) is 13.1. The number of fused-ring (bicyclic) bond motifs is 1. The van der Waals surface area contributed by atoms with Gasteiger partial charge in [-0.2, -0.15) is 0 Å². The van der Waals surface area contributed by atoms with E-state index in [1.807, 2.05) is 0 Å². The molecule has 25 heavy (non-hydrogen) atoms. The molecule has 0 radical (unpaired) electrons. The first-order valence-electron chi connectivity index (χ1n) is 7.89. The second-order valence-corrected chi connectivity index (χ2v) is 5.97. The Morgan fingerprint density at radius 3 is 2.64 bits per heavy atom. The number of hydrogen-bond acceptors (Lipinski definition) is 4. The largest absolute Gasteiger partial charge is 0.394 e. The Hall–Kier alpha value is -2.58. The Kier molecular flexibility index (Phi) is 3.85. The van der Waals surface area contributed by atoms with Gasteiger partial charge in [0.05, 0.1) is 24.6 Å². The number of hydrogen-bond donors (Lipinski definition) is 1. The molecule has 6 nitrogen and oxygen atoms in total. The second-order valence-electron chi connectivity index (χ2n) is 5.97. The van der Waals surface area contributed by atoms with E-state index in [1.54, 1.807) is 0 Å². The lowest BCUT2D eigenvalue weighted by atomic mass is 10.2. The predicted molar refractivity (Wildman–Crippen MR) is 85.0 cm³/mol. The number of aliphatic hydroxyl groups excluding tert-OH is 1. The van der Waals surface area contributed by atoms with Crippen molar-refractivity contribution in [3.8, 4) is 11.3 Å². The van der Waals surface area contributed by atoms with E-state index >= 15 is 0 Å². The summed E-state index contributed by atoms with van der Waals surface area (Å²) in [5.41, 5.74) is 0.361. The van der Waals surface area contributed by atoms with Crippen LogP contribution in [0.2, 0.25) is 0 Å². The van der Waals surface area contributed by atoms with E-state index in [0.717, 1.165) is 10.6 Å². The van der Waals surface area contributed by atoms with Gasteiger partial charge in [0.15, 0.2) is 11.5 Å². The first-order chi connectivity index (χ1) is 12.1. The van der Waals surface area contributed by atoms with Crippen molar-refractivity contribution in [2.24, 2.45) is 0 Å². The van der Waals surface area contributed by atoms with Crippen molar-refractivity contribution < 1.29 is 18.6 Å². The Labute approximate surface area is 140 Å². The van der Waals surface area contributed by atoms with E-state index in [4.69, 9.17) is 9.84 Å². The molecule has 4 rings (SSSR count). The van der Waals surface area contributed by atoms with Crippen LogP contribution in [0.5, 0.6) is 0 Å². The van der Waals surface area contributed by atoms with Crippen LogP contribution >= 0.6 is 0 Å². The van der Waals surface area contributed by atoms with E-state index in [0.29, 0.717) is 24.1 Å². The van der Waals surface area contributed by atoms with Gasteiger partial charge >= 0.3 is 5.69 Å². The zero-order valence-corrected chi connectivity index (χ0v) is 13.1. The van der Waals surface area contributed by atoms with E-state index in [1.165, 1.54) is 35.0 Å². The van der Waals surface area contributed by atoms with Gasteiger partial charge in [-0.05, 0) is 37.1 Å². The third kappa shape index (κ3) is 2.73. The van der Waals surface area contributed by atoms with Gasteiger partial charge in [-0.3, -0.25) is 4.57 Å². The van der Waals surface area contributed by atoms with Gasteiger partial charge in [0.2, 0.25) is 0 Å². The van der Waals surface area contributed by atoms with E-state index in [2.05, 4.69) is 4.98 Å². The summed E-state index contributed by atoms with van der Waals surface area (Å²) < 4.78 is 35.3. The van der Waals surface area contributed by atoms with Gasteiger partial charge in [-0.25, -0.2) is 23.0 Å². The number of ether oxygens (including phenoxy) is 1. The third-order valence-corrected chi connectivity index (χ3v) is 4.34. The molecule has 1 aliphatic heterocycles. The molecular formula is C17H15F2N3O3. The molecule has 2 aromatic heterocycles. The Morgan fingerprint density at radius 1 is 1.20 bits per heavy atom. The van der Waals surface area contributed by atoms with Gasteiger partial charge in [-0.1, -0.05) is 0 Å². The molecule has 0 amide bonds. The molecule has 0 unspecified atom stereocenters. The summed E-state index contributed by atoms with van der Waals surface area (Å²) in [4.78, 5) is 16.8. The molecule has 2 atom stereocenters. The maximum atomic E-state index is 14.4. The highest BCUT2D eigenvalue weighted by Crippen LogP contribution is 2.27. The van der Waals surface area contributed by atoms with Crippen LogP contribution in [0.15, 0.2) is 41.5 Å². The summed E-state index contributed by atoms with van der Waals surface area (Å²) in [5.74, 6) is -1.05. The molecule has 1 aliphatic rings. The minimum atomic E-state index is -0.663. The van der Waals surface area contributed by atoms with Gasteiger partial charge in [-0.15, -0.1) is 0 Å². The van der Waals surface area contributed by atoms with Crippen molar-refractivity contribution in [3.05, 3.63) is 58.8 Å². The first kappa shape index (κ1) is 15.9. The first-order valence-corrected chi connectivity index (χ1v) is 7.89. The summed E-state index contributed by atoms with van der Waals surface area (Å²) in [6.45, 7) is -0.143. The van der Waals surface area contributed by atoms with Crippen LogP contribution in [-0.2, 0) is 4.74 Å². The molecule has 1 aromatic carbocycles. The summed E-state index contributed by atoms with van der Waals surface area (Å²) in [6, 6.07) is 5.57. The van der Waals surface area contributed by atoms with E-state index < -0.39 is 23.6 Å². The predicted octanol–water partition coefficient (Wildman–Crippen LogP) is 2.11. The maximum Gasteiger partial charge on any atom is 0.336 e. The van der Waals surface area contributed by atoms with Crippen molar-refractivity contribution in [2.75, 3.05) is 6.61 Å². The van der Waals surface area contributed by atoms with Gasteiger partial charge < -0.3 is 9.84 Å². The summed E-state index contributed by atoms with van der Waals surface area (Å²) >= 11 is 0. The van der Waals surface area contributed by atoms with Crippen molar-refractivity contribution in [3.63, 3.8) is 0 Å². The van der Waals surface area contributed by atoms with Gasteiger partial charge in [0.25, 0.3) is 0 Å². The lowest BCUT2D eigenvalue weighted by Crippen LogP contribution is -2.30. The summed E-state index contributed by atoms with van der Waals surface area (Å²) in [5, 5.41) is 9.15. The maximum absolute atomic E-state index is 14.4. The van der Waals surface area contributed by atoms with E-state index in [9.17, 15) is 13.6 Å². The highest BCUT2D eigenvalue weighted by Gasteiger charge is 2.28. The molecule has 0 aliphatic carbocycles. The SMILES string of the molecule is O=c1n([C@H]2CC[C@H](CO)O2)cc(F)c2nc(-c3ccc(F)cc3)cn12. The summed E-state index contributed by atoms with van der Waals surface area (Å²) in [6.07, 6.45) is 2.62. The highest BCUT2D eigenvalue weighted by atomic mass is 19.1. The number of imidazole rings is 1. The standard InChI is InChI=1S/C17H15F2N3O3/c18-11-3-1-10(2-4-11)14-8-22-16(20-14)13(19)7-21(17(22)24)15-6-5-12(9-23)25-15/h1-4,7-8,12,15,23H,5-6,9H2/t12-,15-/m1/s1.